The van der Waals surface area contributed by atoms with Gasteiger partial charge in [-0.3, -0.25) is 19.1 Å². The second kappa shape index (κ2) is 11.3. The highest BCUT2D eigenvalue weighted by Gasteiger charge is 2.38. The number of ether oxygens (including phenoxy) is 1. The first-order chi connectivity index (χ1) is 22.3. The van der Waals surface area contributed by atoms with Crippen LogP contribution in [0.5, 0.6) is 5.88 Å². The van der Waals surface area contributed by atoms with E-state index in [0.717, 1.165) is 41.0 Å². The van der Waals surface area contributed by atoms with Gasteiger partial charge in [0.1, 0.15) is 5.69 Å². The Kier molecular flexibility index (Phi) is 7.11. The van der Waals surface area contributed by atoms with Crippen molar-refractivity contribution in [3.05, 3.63) is 72.3 Å². The van der Waals surface area contributed by atoms with E-state index in [1.165, 1.54) is 14.2 Å². The van der Waals surface area contributed by atoms with Crippen LogP contribution in [0.4, 0.5) is 22.9 Å². The number of hydrogen-bond donors (Lipinski definition) is 3. The summed E-state index contributed by atoms with van der Waals surface area (Å²) in [5.41, 5.74) is 5.75. The molecule has 1 saturated heterocycles. The molecule has 0 unspecified atom stereocenters. The summed E-state index contributed by atoms with van der Waals surface area (Å²) in [6, 6.07) is 12.5. The van der Waals surface area contributed by atoms with Crippen LogP contribution in [0.15, 0.2) is 55.2 Å². The number of benzene rings is 1. The Morgan fingerprint density at radius 3 is 2.54 bits per heavy atom. The van der Waals surface area contributed by atoms with Crippen molar-refractivity contribution in [2.75, 3.05) is 49.8 Å². The lowest BCUT2D eigenvalue weighted by Crippen LogP contribution is -2.51. The summed E-state index contributed by atoms with van der Waals surface area (Å²) in [7, 11) is 4.96. The van der Waals surface area contributed by atoms with Crippen LogP contribution in [0.1, 0.15) is 45.6 Å². The highest BCUT2D eigenvalue weighted by Crippen LogP contribution is 2.48. The molecule has 1 aliphatic carbocycles. The quantitative estimate of drug-likeness (QED) is 0.267. The topological polar surface area (TPSA) is 160 Å². The van der Waals surface area contributed by atoms with Crippen LogP contribution in [-0.2, 0) is 4.79 Å². The van der Waals surface area contributed by atoms with Crippen LogP contribution >= 0.6 is 0 Å². The molecule has 2 fully saturated rings. The largest absolute Gasteiger partial charge is 0.481 e. The normalized spacial score (nSPS) is 15.4. The highest BCUT2D eigenvalue weighted by molar-refractivity contribution is 6.04. The van der Waals surface area contributed by atoms with E-state index >= 15 is 0 Å². The molecule has 3 N–H and O–H groups in total. The van der Waals surface area contributed by atoms with Crippen molar-refractivity contribution in [2.45, 2.75) is 18.9 Å². The second-order valence-electron chi connectivity index (χ2n) is 11.4. The van der Waals surface area contributed by atoms with Gasteiger partial charge in [0.15, 0.2) is 11.5 Å². The lowest BCUT2D eigenvalue weighted by Gasteiger charge is -2.41. The third-order valence-corrected chi connectivity index (χ3v) is 8.49. The lowest BCUT2D eigenvalue weighted by atomic mass is 9.95. The fourth-order valence-electron chi connectivity index (χ4n) is 5.78. The van der Waals surface area contributed by atoms with Crippen LogP contribution < -0.4 is 25.6 Å². The lowest BCUT2D eigenvalue weighted by molar-refractivity contribution is -0.117. The zero-order valence-electron chi connectivity index (χ0n) is 25.6. The minimum absolute atomic E-state index is 0.0128. The maximum Gasteiger partial charge on any atom is 0.273 e. The standard InChI is InChI=1S/C32H32N10O4/c1-17-28-21(14-34-42(28)19-15-41(16-19)32(45)23-9-6-10-26(36-23)46-4)20-7-5-8-22(29(20)40(17)3)35-24-13-25(37-30(43)18-11-12-18)38-39-27(24)31(44)33-2/h5-10,13-14,18-19H,1,11-12,15-16H2,2-4H3,(H,33,44)(H2,35,37,38,43). The van der Waals surface area contributed by atoms with E-state index in [0.29, 0.717) is 36.0 Å². The van der Waals surface area contributed by atoms with Gasteiger partial charge in [-0.2, -0.15) is 5.10 Å². The van der Waals surface area contributed by atoms with Gasteiger partial charge in [-0.05, 0) is 25.0 Å². The van der Waals surface area contributed by atoms with Gasteiger partial charge in [0.2, 0.25) is 11.8 Å². The molecule has 0 atom stereocenters. The molecule has 14 nitrogen and oxygen atoms in total. The van der Waals surface area contributed by atoms with E-state index in [4.69, 9.17) is 9.84 Å². The molecule has 5 heterocycles. The fourth-order valence-corrected chi connectivity index (χ4v) is 5.78. The van der Waals surface area contributed by atoms with Crippen LogP contribution in [0.3, 0.4) is 0 Å². The monoisotopic (exact) mass is 620 g/mol. The number of pyridine rings is 1. The first-order valence-electron chi connectivity index (χ1n) is 14.9. The minimum Gasteiger partial charge on any atom is -0.481 e. The molecule has 46 heavy (non-hydrogen) atoms. The Hall–Kier alpha value is -5.79. The van der Waals surface area contributed by atoms with Gasteiger partial charge in [-0.1, -0.05) is 24.8 Å². The molecule has 3 aromatic heterocycles. The maximum absolute atomic E-state index is 13.0. The number of nitrogens with zero attached hydrogens (tertiary/aromatic N) is 7. The molecule has 0 radical (unpaired) electrons. The Bertz CT molecular complexity index is 1910. The fraction of sp³-hybridized carbons (Fsp3) is 0.281. The Morgan fingerprint density at radius 1 is 1.02 bits per heavy atom. The van der Waals surface area contributed by atoms with Crippen molar-refractivity contribution in [1.29, 1.82) is 0 Å². The van der Waals surface area contributed by atoms with Gasteiger partial charge in [-0.25, -0.2) is 4.98 Å². The number of nitrogens with one attached hydrogen (secondary N) is 3. The van der Waals surface area contributed by atoms with E-state index in [2.05, 4.69) is 37.7 Å². The Labute approximate surface area is 264 Å². The number of carbonyl (C=O) groups excluding carboxylic acids is 3. The summed E-state index contributed by atoms with van der Waals surface area (Å²) >= 11 is 0. The van der Waals surface area contributed by atoms with Crippen molar-refractivity contribution in [3.8, 4) is 17.0 Å². The second-order valence-corrected chi connectivity index (χ2v) is 11.4. The molecule has 3 aliphatic rings. The van der Waals surface area contributed by atoms with Crippen molar-refractivity contribution < 1.29 is 19.1 Å². The van der Waals surface area contributed by atoms with E-state index in [-0.39, 0.29) is 35.3 Å². The highest BCUT2D eigenvalue weighted by atomic mass is 16.5. The van der Waals surface area contributed by atoms with Crippen molar-refractivity contribution in [1.82, 2.24) is 35.2 Å². The van der Waals surface area contributed by atoms with Crippen molar-refractivity contribution >= 4 is 46.3 Å². The van der Waals surface area contributed by atoms with Gasteiger partial charge in [0, 0.05) is 56.4 Å². The van der Waals surface area contributed by atoms with Gasteiger partial charge in [-0.15, -0.1) is 10.2 Å². The molecule has 2 aliphatic heterocycles. The van der Waals surface area contributed by atoms with Gasteiger partial charge >= 0.3 is 0 Å². The number of rotatable bonds is 8. The van der Waals surface area contributed by atoms with Gasteiger partial charge in [0.25, 0.3) is 11.8 Å². The molecule has 0 bridgehead atoms. The first-order valence-corrected chi connectivity index (χ1v) is 14.9. The number of fused-ring (bicyclic) bond motifs is 3. The predicted octanol–water partition coefficient (Wildman–Crippen LogP) is 3.31. The number of likely N-dealkylation sites (tertiary alicyclic amines) is 1. The predicted molar refractivity (Wildman–Crippen MR) is 171 cm³/mol. The maximum atomic E-state index is 13.0. The summed E-state index contributed by atoms with van der Waals surface area (Å²) in [5, 5.41) is 21.7. The first kappa shape index (κ1) is 29.0. The van der Waals surface area contributed by atoms with E-state index in [9.17, 15) is 14.4 Å². The van der Waals surface area contributed by atoms with Crippen LogP contribution in [-0.4, -0.2) is 81.9 Å². The Morgan fingerprint density at radius 2 is 1.80 bits per heavy atom. The molecule has 1 aromatic carbocycles. The average Bonchev–Trinajstić information content (AvgIpc) is 3.82. The molecular weight excluding hydrogens is 588 g/mol. The molecular formula is C32H32N10O4. The third-order valence-electron chi connectivity index (χ3n) is 8.49. The average molecular weight is 621 g/mol. The zero-order chi connectivity index (χ0) is 32.1. The number of carbonyl (C=O) groups is 3. The number of anilines is 4. The Balaban J connectivity index is 1.17. The summed E-state index contributed by atoms with van der Waals surface area (Å²) in [5.74, 6) is -0.0561. The molecule has 4 aromatic rings. The minimum atomic E-state index is -0.420. The van der Waals surface area contributed by atoms with Crippen molar-refractivity contribution in [2.24, 2.45) is 5.92 Å². The molecule has 7 rings (SSSR count). The summed E-state index contributed by atoms with van der Waals surface area (Å²) in [4.78, 5) is 46.1. The van der Waals surface area contributed by atoms with E-state index in [1.807, 2.05) is 41.0 Å². The number of hydrogen-bond acceptors (Lipinski definition) is 10. The van der Waals surface area contributed by atoms with Gasteiger partial charge in [0.05, 0.1) is 47.8 Å². The van der Waals surface area contributed by atoms with Gasteiger partial charge < -0.3 is 30.5 Å². The zero-order valence-corrected chi connectivity index (χ0v) is 25.6. The van der Waals surface area contributed by atoms with Crippen LogP contribution in [0.25, 0.3) is 16.8 Å². The van der Waals surface area contributed by atoms with Crippen LogP contribution in [0.2, 0.25) is 0 Å². The summed E-state index contributed by atoms with van der Waals surface area (Å²) in [6.07, 6.45) is 3.52. The molecule has 3 amide bonds. The van der Waals surface area contributed by atoms with Crippen LogP contribution in [0, 0.1) is 5.92 Å². The molecule has 14 heteroatoms. The number of para-hydroxylation sites is 1. The summed E-state index contributed by atoms with van der Waals surface area (Å²) < 4.78 is 7.10. The number of aromatic nitrogens is 5. The smallest absolute Gasteiger partial charge is 0.273 e. The van der Waals surface area contributed by atoms with Crippen molar-refractivity contribution in [3.63, 3.8) is 0 Å². The van der Waals surface area contributed by atoms with E-state index in [1.54, 1.807) is 29.2 Å². The SMILES string of the molecule is C=C1c2c(cnn2C2CN(C(=O)c3cccc(OC)n3)C2)-c2cccc(Nc3cc(NC(=O)C4CC4)nnc3C(=O)NC)c2N1C. The third kappa shape index (κ3) is 4.97. The number of amides is 3. The summed E-state index contributed by atoms with van der Waals surface area (Å²) in [6.45, 7) is 5.37. The molecule has 234 valence electrons. The number of methoxy groups -OCH3 is 1. The van der Waals surface area contributed by atoms with E-state index < -0.39 is 5.91 Å². The molecule has 1 saturated carbocycles. The molecule has 0 spiro atoms.